The van der Waals surface area contributed by atoms with E-state index in [0.717, 1.165) is 5.56 Å². The second kappa shape index (κ2) is 5.16. The Bertz CT molecular complexity index is 367. The van der Waals surface area contributed by atoms with Gasteiger partial charge in [0, 0.05) is 13.6 Å². The molecule has 0 fully saturated rings. The van der Waals surface area contributed by atoms with Crippen molar-refractivity contribution < 1.29 is 4.79 Å². The number of benzene rings is 1. The number of carbonyl (C=O) groups is 1. The minimum Gasteiger partial charge on any atom is -0.345 e. The average molecular weight is 202 g/mol. The Hall–Kier alpha value is -1.82. The molecule has 15 heavy (non-hydrogen) atoms. The van der Waals surface area contributed by atoms with Gasteiger partial charge in [-0.15, -0.1) is 0 Å². The Kier molecular flexibility index (Phi) is 3.87. The van der Waals surface area contributed by atoms with Crippen LogP contribution in [0.3, 0.4) is 0 Å². The summed E-state index contributed by atoms with van der Waals surface area (Å²) in [6.45, 7) is 2.50. The van der Waals surface area contributed by atoms with Gasteiger partial charge < -0.3 is 4.90 Å². The SMILES string of the molecule is CCN(C)C(=O)C(C#N)c1ccccc1. The molecule has 1 amide bonds. The lowest BCUT2D eigenvalue weighted by atomic mass is 9.99. The van der Waals surface area contributed by atoms with Gasteiger partial charge in [0.15, 0.2) is 0 Å². The minimum atomic E-state index is -0.684. The van der Waals surface area contributed by atoms with Crippen LogP contribution in [-0.4, -0.2) is 24.4 Å². The Morgan fingerprint density at radius 2 is 2.07 bits per heavy atom. The molecule has 0 aliphatic rings. The number of nitrogens with zero attached hydrogens (tertiary/aromatic N) is 2. The van der Waals surface area contributed by atoms with E-state index in [1.54, 1.807) is 24.1 Å². The zero-order valence-electron chi connectivity index (χ0n) is 8.97. The molecule has 0 spiro atoms. The summed E-state index contributed by atoms with van der Waals surface area (Å²) in [5.74, 6) is -0.831. The molecule has 0 saturated heterocycles. The number of rotatable bonds is 3. The van der Waals surface area contributed by atoms with Gasteiger partial charge in [0.1, 0.15) is 5.92 Å². The third-order valence-electron chi connectivity index (χ3n) is 2.36. The van der Waals surface area contributed by atoms with E-state index in [1.807, 2.05) is 31.2 Å². The van der Waals surface area contributed by atoms with Gasteiger partial charge in [-0.05, 0) is 12.5 Å². The molecule has 0 heterocycles. The van der Waals surface area contributed by atoms with E-state index in [9.17, 15) is 4.79 Å². The molecule has 0 aliphatic heterocycles. The Labute approximate surface area is 89.9 Å². The van der Waals surface area contributed by atoms with Crippen molar-refractivity contribution in [2.24, 2.45) is 0 Å². The monoisotopic (exact) mass is 202 g/mol. The Morgan fingerprint density at radius 1 is 1.47 bits per heavy atom. The van der Waals surface area contributed by atoms with Gasteiger partial charge in [-0.25, -0.2) is 0 Å². The molecule has 3 nitrogen and oxygen atoms in total. The highest BCUT2D eigenvalue weighted by Gasteiger charge is 2.22. The van der Waals surface area contributed by atoms with Crippen LogP contribution in [0.1, 0.15) is 18.4 Å². The number of nitriles is 1. The highest BCUT2D eigenvalue weighted by molar-refractivity contribution is 5.86. The van der Waals surface area contributed by atoms with Crippen LogP contribution in [0.15, 0.2) is 30.3 Å². The van der Waals surface area contributed by atoms with E-state index in [0.29, 0.717) is 6.54 Å². The van der Waals surface area contributed by atoms with Crippen molar-refractivity contribution in [1.82, 2.24) is 4.90 Å². The van der Waals surface area contributed by atoms with Crippen molar-refractivity contribution in [1.29, 1.82) is 5.26 Å². The first-order valence-corrected chi connectivity index (χ1v) is 4.90. The summed E-state index contributed by atoms with van der Waals surface area (Å²) in [6.07, 6.45) is 0. The number of likely N-dealkylation sites (N-methyl/N-ethyl adjacent to an activating group) is 1. The van der Waals surface area contributed by atoms with Crippen LogP contribution < -0.4 is 0 Å². The minimum absolute atomic E-state index is 0.147. The van der Waals surface area contributed by atoms with Crippen molar-refractivity contribution in [3.05, 3.63) is 35.9 Å². The standard InChI is InChI=1S/C12H14N2O/c1-3-14(2)12(15)11(9-13)10-7-5-4-6-8-10/h4-8,11H,3H2,1-2H3. The predicted molar refractivity (Wildman–Crippen MR) is 58.1 cm³/mol. The highest BCUT2D eigenvalue weighted by Crippen LogP contribution is 2.16. The molecule has 0 aromatic heterocycles. The van der Waals surface area contributed by atoms with E-state index < -0.39 is 5.92 Å². The van der Waals surface area contributed by atoms with Gasteiger partial charge in [0.05, 0.1) is 6.07 Å². The van der Waals surface area contributed by atoms with Gasteiger partial charge >= 0.3 is 0 Å². The molecule has 1 rings (SSSR count). The van der Waals surface area contributed by atoms with Crippen molar-refractivity contribution in [2.45, 2.75) is 12.8 Å². The van der Waals surface area contributed by atoms with Gasteiger partial charge in [0.2, 0.25) is 5.91 Å². The van der Waals surface area contributed by atoms with E-state index in [2.05, 4.69) is 0 Å². The second-order valence-electron chi connectivity index (χ2n) is 3.33. The number of hydrogen-bond donors (Lipinski definition) is 0. The summed E-state index contributed by atoms with van der Waals surface area (Å²) < 4.78 is 0. The van der Waals surface area contributed by atoms with Gasteiger partial charge in [0.25, 0.3) is 0 Å². The summed E-state index contributed by atoms with van der Waals surface area (Å²) in [6, 6.07) is 11.2. The van der Waals surface area contributed by atoms with Gasteiger partial charge in [-0.3, -0.25) is 4.79 Å². The molecule has 0 N–H and O–H groups in total. The number of carbonyl (C=O) groups excluding carboxylic acids is 1. The lowest BCUT2D eigenvalue weighted by Gasteiger charge is -2.18. The zero-order valence-corrected chi connectivity index (χ0v) is 8.97. The van der Waals surface area contributed by atoms with Crippen LogP contribution in [0, 0.1) is 11.3 Å². The first-order valence-electron chi connectivity index (χ1n) is 4.90. The molecule has 3 heteroatoms. The molecular formula is C12H14N2O. The second-order valence-corrected chi connectivity index (χ2v) is 3.33. The van der Waals surface area contributed by atoms with Crippen LogP contribution in [-0.2, 0) is 4.79 Å². The molecule has 0 bridgehead atoms. The summed E-state index contributed by atoms with van der Waals surface area (Å²) in [5, 5.41) is 9.00. The summed E-state index contributed by atoms with van der Waals surface area (Å²) >= 11 is 0. The van der Waals surface area contributed by atoms with E-state index in [1.165, 1.54) is 0 Å². The molecule has 0 saturated carbocycles. The molecular weight excluding hydrogens is 188 g/mol. The molecule has 78 valence electrons. The lowest BCUT2D eigenvalue weighted by molar-refractivity contribution is -0.130. The van der Waals surface area contributed by atoms with Crippen LogP contribution >= 0.6 is 0 Å². The third-order valence-corrected chi connectivity index (χ3v) is 2.36. The molecule has 0 aliphatic carbocycles. The summed E-state index contributed by atoms with van der Waals surface area (Å²) in [5.41, 5.74) is 0.755. The average Bonchev–Trinajstić information content (AvgIpc) is 2.30. The fourth-order valence-corrected chi connectivity index (χ4v) is 1.29. The largest absolute Gasteiger partial charge is 0.345 e. The predicted octanol–water partition coefficient (Wildman–Crippen LogP) is 1.77. The van der Waals surface area contributed by atoms with Crippen molar-refractivity contribution >= 4 is 5.91 Å². The van der Waals surface area contributed by atoms with Crippen LogP contribution in [0.25, 0.3) is 0 Å². The number of amides is 1. The van der Waals surface area contributed by atoms with E-state index >= 15 is 0 Å². The fraction of sp³-hybridized carbons (Fsp3) is 0.333. The molecule has 1 atom stereocenters. The molecule has 1 unspecified atom stereocenters. The maximum absolute atomic E-state index is 11.8. The third kappa shape index (κ3) is 2.57. The zero-order chi connectivity index (χ0) is 11.3. The number of hydrogen-bond acceptors (Lipinski definition) is 2. The van der Waals surface area contributed by atoms with Crippen molar-refractivity contribution in [2.75, 3.05) is 13.6 Å². The van der Waals surface area contributed by atoms with Crippen molar-refractivity contribution in [3.8, 4) is 6.07 Å². The van der Waals surface area contributed by atoms with E-state index in [-0.39, 0.29) is 5.91 Å². The molecule has 0 radical (unpaired) electrons. The Balaban J connectivity index is 2.92. The topological polar surface area (TPSA) is 44.1 Å². The highest BCUT2D eigenvalue weighted by atomic mass is 16.2. The van der Waals surface area contributed by atoms with Crippen LogP contribution in [0.5, 0.6) is 0 Å². The van der Waals surface area contributed by atoms with Gasteiger partial charge in [-0.1, -0.05) is 30.3 Å². The van der Waals surface area contributed by atoms with Crippen LogP contribution in [0.4, 0.5) is 0 Å². The summed E-state index contributed by atoms with van der Waals surface area (Å²) in [4.78, 5) is 13.4. The van der Waals surface area contributed by atoms with Crippen molar-refractivity contribution in [3.63, 3.8) is 0 Å². The first-order chi connectivity index (χ1) is 7.20. The van der Waals surface area contributed by atoms with Crippen LogP contribution in [0.2, 0.25) is 0 Å². The van der Waals surface area contributed by atoms with E-state index in [4.69, 9.17) is 5.26 Å². The molecule has 1 aromatic carbocycles. The molecule has 1 aromatic rings. The Morgan fingerprint density at radius 3 is 2.53 bits per heavy atom. The fourth-order valence-electron chi connectivity index (χ4n) is 1.29. The smallest absolute Gasteiger partial charge is 0.244 e. The quantitative estimate of drug-likeness (QED) is 0.749. The maximum atomic E-state index is 11.8. The maximum Gasteiger partial charge on any atom is 0.244 e. The van der Waals surface area contributed by atoms with Gasteiger partial charge in [-0.2, -0.15) is 5.26 Å². The first kappa shape index (κ1) is 11.3. The lowest BCUT2D eigenvalue weighted by Crippen LogP contribution is -2.30. The summed E-state index contributed by atoms with van der Waals surface area (Å²) in [7, 11) is 1.70. The normalized spacial score (nSPS) is 11.5.